The van der Waals surface area contributed by atoms with Crippen LogP contribution in [0.1, 0.15) is 6.92 Å². The maximum atomic E-state index is 12.0. The summed E-state index contributed by atoms with van der Waals surface area (Å²) in [5.41, 5.74) is -1.71. The van der Waals surface area contributed by atoms with Gasteiger partial charge in [-0.05, 0) is 6.92 Å². The summed E-state index contributed by atoms with van der Waals surface area (Å²) >= 11 is 0. The summed E-state index contributed by atoms with van der Waals surface area (Å²) in [6.45, 7) is 1.20. The van der Waals surface area contributed by atoms with Gasteiger partial charge in [-0.15, -0.1) is 0 Å². The van der Waals surface area contributed by atoms with Crippen molar-refractivity contribution in [3.63, 3.8) is 0 Å². The zero-order chi connectivity index (χ0) is 12.0. The molecule has 0 spiro atoms. The van der Waals surface area contributed by atoms with E-state index >= 15 is 0 Å². The largest absolute Gasteiger partial charge is 0.479 e. The number of aliphatic hydroxyl groups excluding tert-OH is 1. The number of aliphatic carboxylic acids is 1. The summed E-state index contributed by atoms with van der Waals surface area (Å²) in [4.78, 5) is 33.5. The second-order valence-corrected chi connectivity index (χ2v) is 2.43. The Balaban J connectivity index is 0.000000288. The molecule has 0 aliphatic rings. The molecule has 15 heavy (non-hydrogen) atoms. The van der Waals surface area contributed by atoms with Crippen LogP contribution in [-0.2, 0) is 4.79 Å². The second kappa shape index (κ2) is 5.70. The lowest BCUT2D eigenvalue weighted by Gasteiger charge is -1.89. The van der Waals surface area contributed by atoms with Gasteiger partial charge in [-0.2, -0.15) is 4.39 Å². The fourth-order valence-corrected chi connectivity index (χ4v) is 0.393. The molecule has 8 heteroatoms. The van der Waals surface area contributed by atoms with Gasteiger partial charge in [0.05, 0.1) is 0 Å². The number of hydrogen-bond acceptors (Lipinski definition) is 4. The van der Waals surface area contributed by atoms with Gasteiger partial charge in [0.1, 0.15) is 6.10 Å². The lowest BCUT2D eigenvalue weighted by Crippen LogP contribution is -2.23. The number of H-pyrrole nitrogens is 2. The Morgan fingerprint density at radius 1 is 1.53 bits per heavy atom. The van der Waals surface area contributed by atoms with Crippen molar-refractivity contribution < 1.29 is 19.4 Å². The summed E-state index contributed by atoms with van der Waals surface area (Å²) in [7, 11) is 0. The average Bonchev–Trinajstić information content (AvgIpc) is 2.13. The van der Waals surface area contributed by atoms with E-state index in [1.165, 1.54) is 6.92 Å². The molecule has 7 nitrogen and oxygen atoms in total. The van der Waals surface area contributed by atoms with Crippen molar-refractivity contribution in [3.05, 3.63) is 32.9 Å². The Kier molecular flexibility index (Phi) is 4.96. The molecule has 84 valence electrons. The minimum atomic E-state index is -1.23. The number of aromatic amines is 2. The second-order valence-electron chi connectivity index (χ2n) is 2.43. The van der Waals surface area contributed by atoms with Crippen molar-refractivity contribution >= 4 is 5.97 Å². The third-order valence-corrected chi connectivity index (χ3v) is 1.13. The summed E-state index contributed by atoms with van der Waals surface area (Å²) < 4.78 is 12.0. The molecule has 1 aromatic heterocycles. The van der Waals surface area contributed by atoms with Crippen molar-refractivity contribution in [1.82, 2.24) is 9.97 Å². The highest BCUT2D eigenvalue weighted by atomic mass is 19.1. The van der Waals surface area contributed by atoms with Gasteiger partial charge < -0.3 is 15.2 Å². The molecular weight excluding hydrogens is 211 g/mol. The molecular formula is C7H9FN2O5. The SMILES string of the molecule is CC(O)C(=O)O.O=c1[nH]cc(F)c(=O)[nH]1. The van der Waals surface area contributed by atoms with E-state index in [9.17, 15) is 18.8 Å². The van der Waals surface area contributed by atoms with Crippen LogP contribution in [0.15, 0.2) is 15.8 Å². The maximum Gasteiger partial charge on any atom is 0.332 e. The number of halogens is 1. The van der Waals surface area contributed by atoms with Crippen molar-refractivity contribution in [2.45, 2.75) is 13.0 Å². The molecule has 0 radical (unpaired) electrons. The van der Waals surface area contributed by atoms with Gasteiger partial charge >= 0.3 is 11.7 Å². The Bertz CT molecular complexity index is 435. The standard InChI is InChI=1S/C4H3FN2O2.C3H6O3/c5-2-1-6-4(9)7-3(2)8;1-2(4)3(5)6/h1H,(H2,6,7,8,9);2,4H,1H3,(H,5,6). The fourth-order valence-electron chi connectivity index (χ4n) is 0.393. The molecule has 0 saturated heterocycles. The smallest absolute Gasteiger partial charge is 0.332 e. The van der Waals surface area contributed by atoms with Gasteiger partial charge in [-0.1, -0.05) is 0 Å². The predicted molar refractivity (Wildman–Crippen MR) is 47.0 cm³/mol. The minimum absolute atomic E-state index is 0.707. The monoisotopic (exact) mass is 220 g/mol. The first-order valence-electron chi connectivity index (χ1n) is 3.73. The summed E-state index contributed by atoms with van der Waals surface area (Å²) in [6.07, 6.45) is -0.522. The summed E-state index contributed by atoms with van der Waals surface area (Å²) in [6, 6.07) is 0. The van der Waals surface area contributed by atoms with E-state index in [4.69, 9.17) is 10.2 Å². The van der Waals surface area contributed by atoms with E-state index < -0.39 is 29.1 Å². The van der Waals surface area contributed by atoms with E-state index in [0.717, 1.165) is 0 Å². The number of carbonyl (C=O) groups is 1. The van der Waals surface area contributed by atoms with Crippen molar-refractivity contribution in [1.29, 1.82) is 0 Å². The minimum Gasteiger partial charge on any atom is -0.479 e. The van der Waals surface area contributed by atoms with E-state index in [1.54, 1.807) is 4.98 Å². The van der Waals surface area contributed by atoms with Crippen LogP contribution in [0.3, 0.4) is 0 Å². The van der Waals surface area contributed by atoms with E-state index in [2.05, 4.69) is 0 Å². The molecule has 0 fully saturated rings. The molecule has 1 atom stereocenters. The first-order valence-corrected chi connectivity index (χ1v) is 3.73. The van der Waals surface area contributed by atoms with Crippen LogP contribution in [0.4, 0.5) is 4.39 Å². The maximum absolute atomic E-state index is 12.0. The average molecular weight is 220 g/mol. The van der Waals surface area contributed by atoms with E-state index in [-0.39, 0.29) is 0 Å². The third-order valence-electron chi connectivity index (χ3n) is 1.13. The van der Waals surface area contributed by atoms with Gasteiger partial charge in [0.2, 0.25) is 5.82 Å². The lowest BCUT2D eigenvalue weighted by atomic mass is 10.4. The topological polar surface area (TPSA) is 123 Å². The van der Waals surface area contributed by atoms with Crippen LogP contribution in [0.2, 0.25) is 0 Å². The molecule has 0 aliphatic heterocycles. The van der Waals surface area contributed by atoms with Crippen molar-refractivity contribution in [3.8, 4) is 0 Å². The van der Waals surface area contributed by atoms with Gasteiger partial charge in [0.15, 0.2) is 0 Å². The molecule has 0 amide bonds. The molecule has 1 unspecified atom stereocenters. The Morgan fingerprint density at radius 2 is 2.00 bits per heavy atom. The molecule has 1 rings (SSSR count). The first kappa shape index (κ1) is 13.0. The van der Waals surface area contributed by atoms with Gasteiger partial charge in [0, 0.05) is 6.20 Å². The Morgan fingerprint density at radius 3 is 2.27 bits per heavy atom. The van der Waals surface area contributed by atoms with Crippen LogP contribution in [0, 0.1) is 5.82 Å². The van der Waals surface area contributed by atoms with Crippen LogP contribution in [0.25, 0.3) is 0 Å². The van der Waals surface area contributed by atoms with Crippen LogP contribution >= 0.6 is 0 Å². The molecule has 0 bridgehead atoms. The van der Waals surface area contributed by atoms with Crippen molar-refractivity contribution in [2.24, 2.45) is 0 Å². The Labute approximate surface area is 82.2 Å². The fraction of sp³-hybridized carbons (Fsp3) is 0.286. The molecule has 0 saturated carbocycles. The van der Waals surface area contributed by atoms with E-state index in [0.29, 0.717) is 6.20 Å². The number of rotatable bonds is 1. The van der Waals surface area contributed by atoms with Crippen molar-refractivity contribution in [2.75, 3.05) is 0 Å². The number of carboxylic acid groups (broad SMARTS) is 1. The van der Waals surface area contributed by atoms with Gasteiger partial charge in [-0.25, -0.2) is 9.59 Å². The quantitative estimate of drug-likeness (QED) is 0.466. The summed E-state index contributed by atoms with van der Waals surface area (Å²) in [5.74, 6) is -2.18. The van der Waals surface area contributed by atoms with Crippen LogP contribution < -0.4 is 11.2 Å². The van der Waals surface area contributed by atoms with E-state index in [1.807, 2.05) is 4.98 Å². The first-order chi connectivity index (χ1) is 6.84. The Hall–Kier alpha value is -1.96. The lowest BCUT2D eigenvalue weighted by molar-refractivity contribution is -0.145. The van der Waals surface area contributed by atoms with Gasteiger partial charge in [-0.3, -0.25) is 9.78 Å². The number of nitrogens with one attached hydrogen (secondary N) is 2. The number of hydrogen-bond donors (Lipinski definition) is 4. The van der Waals surface area contributed by atoms with Gasteiger partial charge in [0.25, 0.3) is 5.56 Å². The zero-order valence-corrected chi connectivity index (χ0v) is 7.65. The zero-order valence-electron chi connectivity index (χ0n) is 7.65. The number of aromatic nitrogens is 2. The third kappa shape index (κ3) is 5.37. The normalized spacial score (nSPS) is 11.1. The molecule has 0 aromatic carbocycles. The van der Waals surface area contributed by atoms with Crippen LogP contribution in [0.5, 0.6) is 0 Å². The molecule has 1 heterocycles. The predicted octanol–water partition coefficient (Wildman–Crippen LogP) is -1.35. The molecule has 4 N–H and O–H groups in total. The van der Waals surface area contributed by atoms with Crippen LogP contribution in [-0.4, -0.2) is 32.3 Å². The molecule has 1 aromatic rings. The highest BCUT2D eigenvalue weighted by Crippen LogP contribution is 1.74. The summed E-state index contributed by atoms with van der Waals surface area (Å²) in [5, 5.41) is 15.8. The molecule has 0 aliphatic carbocycles. The highest BCUT2D eigenvalue weighted by molar-refractivity contribution is 5.71. The highest BCUT2D eigenvalue weighted by Gasteiger charge is 2.01. The number of aliphatic hydroxyl groups is 1. The number of carboxylic acids is 1.